The molecule has 1 aliphatic rings. The van der Waals surface area contributed by atoms with E-state index in [0.29, 0.717) is 17.6 Å². The molecule has 1 atom stereocenters. The fourth-order valence-corrected chi connectivity index (χ4v) is 2.21. The molecule has 18 heavy (non-hydrogen) atoms. The van der Waals surface area contributed by atoms with Gasteiger partial charge in [0.15, 0.2) is 0 Å². The summed E-state index contributed by atoms with van der Waals surface area (Å²) in [5, 5.41) is 7.34. The largest absolute Gasteiger partial charge is 0.496 e. The standard InChI is InChI=1S/C13H15N3O2/c1-17-11-5-3-2-4-10(11)12-15-13(18-16-12)9-6-7-14-8-9/h2-5,9,14H,6-8H2,1H3/t9-/m0/s1. The zero-order valence-corrected chi connectivity index (χ0v) is 10.2. The number of para-hydroxylation sites is 1. The van der Waals surface area contributed by atoms with E-state index in [2.05, 4.69) is 15.5 Å². The maximum Gasteiger partial charge on any atom is 0.231 e. The van der Waals surface area contributed by atoms with Crippen LogP contribution < -0.4 is 10.1 Å². The van der Waals surface area contributed by atoms with Crippen molar-refractivity contribution < 1.29 is 9.26 Å². The van der Waals surface area contributed by atoms with Crippen molar-refractivity contribution >= 4 is 0 Å². The third-order valence-corrected chi connectivity index (χ3v) is 3.20. The molecule has 1 aromatic carbocycles. The lowest BCUT2D eigenvalue weighted by molar-refractivity contribution is 0.359. The van der Waals surface area contributed by atoms with Crippen LogP contribution in [0.1, 0.15) is 18.2 Å². The van der Waals surface area contributed by atoms with Crippen LogP contribution in [0, 0.1) is 0 Å². The van der Waals surface area contributed by atoms with Crippen molar-refractivity contribution in [2.24, 2.45) is 0 Å². The summed E-state index contributed by atoms with van der Waals surface area (Å²) in [6.07, 6.45) is 1.05. The molecule has 0 saturated carbocycles. The number of nitrogens with zero attached hydrogens (tertiary/aromatic N) is 2. The van der Waals surface area contributed by atoms with Crippen LogP contribution in [0.15, 0.2) is 28.8 Å². The molecule has 0 bridgehead atoms. The van der Waals surface area contributed by atoms with E-state index in [4.69, 9.17) is 9.26 Å². The van der Waals surface area contributed by atoms with Gasteiger partial charge in [-0.3, -0.25) is 0 Å². The van der Waals surface area contributed by atoms with E-state index in [1.165, 1.54) is 0 Å². The number of hydrogen-bond acceptors (Lipinski definition) is 5. The van der Waals surface area contributed by atoms with Crippen molar-refractivity contribution in [1.29, 1.82) is 0 Å². The van der Waals surface area contributed by atoms with Crippen molar-refractivity contribution in [3.05, 3.63) is 30.2 Å². The Bertz CT molecular complexity index is 533. The second kappa shape index (κ2) is 4.78. The molecule has 94 valence electrons. The van der Waals surface area contributed by atoms with Crippen LogP contribution >= 0.6 is 0 Å². The Morgan fingerprint density at radius 2 is 2.28 bits per heavy atom. The quantitative estimate of drug-likeness (QED) is 0.893. The molecule has 1 aliphatic heterocycles. The van der Waals surface area contributed by atoms with Crippen molar-refractivity contribution in [2.75, 3.05) is 20.2 Å². The Kier molecular flexibility index (Phi) is 2.98. The fraction of sp³-hybridized carbons (Fsp3) is 0.385. The monoisotopic (exact) mass is 245 g/mol. The molecule has 1 N–H and O–H groups in total. The van der Waals surface area contributed by atoms with E-state index < -0.39 is 0 Å². The Hall–Kier alpha value is -1.88. The minimum Gasteiger partial charge on any atom is -0.496 e. The summed E-state index contributed by atoms with van der Waals surface area (Å²) in [6, 6.07) is 7.68. The normalized spacial score (nSPS) is 19.1. The molecular weight excluding hydrogens is 230 g/mol. The highest BCUT2D eigenvalue weighted by molar-refractivity contribution is 5.63. The molecule has 3 rings (SSSR count). The average Bonchev–Trinajstić information content (AvgIpc) is 3.09. The predicted octanol–water partition coefficient (Wildman–Crippen LogP) is 1.82. The molecule has 2 heterocycles. The predicted molar refractivity (Wildman–Crippen MR) is 66.5 cm³/mol. The van der Waals surface area contributed by atoms with Gasteiger partial charge >= 0.3 is 0 Å². The van der Waals surface area contributed by atoms with E-state index in [0.717, 1.165) is 30.8 Å². The van der Waals surface area contributed by atoms with Crippen LogP contribution in [-0.2, 0) is 0 Å². The second-order valence-electron chi connectivity index (χ2n) is 4.35. The van der Waals surface area contributed by atoms with Crippen molar-refractivity contribution in [2.45, 2.75) is 12.3 Å². The zero-order chi connectivity index (χ0) is 12.4. The fourth-order valence-electron chi connectivity index (χ4n) is 2.21. The van der Waals surface area contributed by atoms with Crippen LogP contribution in [0.5, 0.6) is 5.75 Å². The molecular formula is C13H15N3O2. The Morgan fingerprint density at radius 1 is 1.39 bits per heavy atom. The number of aromatic nitrogens is 2. The van der Waals surface area contributed by atoms with Gasteiger partial charge in [0.25, 0.3) is 0 Å². The van der Waals surface area contributed by atoms with Crippen LogP contribution in [0.25, 0.3) is 11.4 Å². The van der Waals surface area contributed by atoms with E-state index in [-0.39, 0.29) is 0 Å². The summed E-state index contributed by atoms with van der Waals surface area (Å²) in [4.78, 5) is 4.47. The molecule has 0 aliphatic carbocycles. The highest BCUT2D eigenvalue weighted by Crippen LogP contribution is 2.29. The van der Waals surface area contributed by atoms with E-state index in [9.17, 15) is 0 Å². The van der Waals surface area contributed by atoms with Gasteiger partial charge in [0.05, 0.1) is 18.6 Å². The van der Waals surface area contributed by atoms with Gasteiger partial charge in [0.2, 0.25) is 11.7 Å². The molecule has 5 nitrogen and oxygen atoms in total. The number of rotatable bonds is 3. The Balaban J connectivity index is 1.92. The number of methoxy groups -OCH3 is 1. The molecule has 2 aromatic rings. The second-order valence-corrected chi connectivity index (χ2v) is 4.35. The number of nitrogens with one attached hydrogen (secondary N) is 1. The SMILES string of the molecule is COc1ccccc1-c1noc([C@H]2CCNC2)n1. The molecule has 0 unspecified atom stereocenters. The average molecular weight is 245 g/mol. The summed E-state index contributed by atoms with van der Waals surface area (Å²) in [7, 11) is 1.64. The molecule has 0 radical (unpaired) electrons. The third kappa shape index (κ3) is 1.97. The van der Waals surface area contributed by atoms with Gasteiger partial charge in [0.1, 0.15) is 5.75 Å². The van der Waals surface area contributed by atoms with E-state index >= 15 is 0 Å². The van der Waals surface area contributed by atoms with E-state index in [1.54, 1.807) is 7.11 Å². The molecule has 0 amide bonds. The highest BCUT2D eigenvalue weighted by Gasteiger charge is 2.23. The van der Waals surface area contributed by atoms with Crippen LogP contribution in [-0.4, -0.2) is 30.3 Å². The first kappa shape index (κ1) is 11.2. The van der Waals surface area contributed by atoms with Gasteiger partial charge in [-0.15, -0.1) is 0 Å². The lowest BCUT2D eigenvalue weighted by Gasteiger charge is -2.03. The molecule has 5 heteroatoms. The summed E-state index contributed by atoms with van der Waals surface area (Å²) in [6.45, 7) is 1.92. The van der Waals surface area contributed by atoms with Crippen LogP contribution in [0.2, 0.25) is 0 Å². The number of ether oxygens (including phenoxy) is 1. The molecule has 1 saturated heterocycles. The third-order valence-electron chi connectivity index (χ3n) is 3.20. The molecule has 1 aromatic heterocycles. The first-order valence-corrected chi connectivity index (χ1v) is 6.06. The van der Waals surface area contributed by atoms with Crippen LogP contribution in [0.3, 0.4) is 0 Å². The lowest BCUT2D eigenvalue weighted by atomic mass is 10.1. The van der Waals surface area contributed by atoms with Crippen molar-refractivity contribution in [3.63, 3.8) is 0 Å². The Morgan fingerprint density at radius 3 is 3.06 bits per heavy atom. The number of benzene rings is 1. The molecule has 0 spiro atoms. The van der Waals surface area contributed by atoms with Gasteiger partial charge in [-0.05, 0) is 25.1 Å². The Labute approximate surface area is 105 Å². The maximum atomic E-state index is 5.35. The van der Waals surface area contributed by atoms with E-state index in [1.807, 2.05) is 24.3 Å². The topological polar surface area (TPSA) is 60.2 Å². The summed E-state index contributed by atoms with van der Waals surface area (Å²) < 4.78 is 10.6. The maximum absolute atomic E-state index is 5.35. The summed E-state index contributed by atoms with van der Waals surface area (Å²) in [5.74, 6) is 2.39. The van der Waals surface area contributed by atoms with Crippen molar-refractivity contribution in [1.82, 2.24) is 15.5 Å². The van der Waals surface area contributed by atoms with Gasteiger partial charge in [-0.25, -0.2) is 0 Å². The first-order valence-electron chi connectivity index (χ1n) is 6.06. The van der Waals surface area contributed by atoms with Gasteiger partial charge < -0.3 is 14.6 Å². The summed E-state index contributed by atoms with van der Waals surface area (Å²) in [5.41, 5.74) is 0.862. The van der Waals surface area contributed by atoms with Crippen molar-refractivity contribution in [3.8, 4) is 17.1 Å². The van der Waals surface area contributed by atoms with Gasteiger partial charge in [-0.2, -0.15) is 4.98 Å². The summed E-state index contributed by atoms with van der Waals surface area (Å²) >= 11 is 0. The van der Waals surface area contributed by atoms with Crippen LogP contribution in [0.4, 0.5) is 0 Å². The number of hydrogen-bond donors (Lipinski definition) is 1. The highest BCUT2D eigenvalue weighted by atomic mass is 16.5. The smallest absolute Gasteiger partial charge is 0.231 e. The van der Waals surface area contributed by atoms with Gasteiger partial charge in [-0.1, -0.05) is 17.3 Å². The minimum absolute atomic E-state index is 0.334. The lowest BCUT2D eigenvalue weighted by Crippen LogP contribution is -2.08. The molecule has 1 fully saturated rings. The van der Waals surface area contributed by atoms with Gasteiger partial charge in [0, 0.05) is 6.54 Å². The minimum atomic E-state index is 0.334. The zero-order valence-electron chi connectivity index (χ0n) is 10.2. The first-order chi connectivity index (χ1) is 8.88.